The Bertz CT molecular complexity index is 752. The number of benzene rings is 1. The van der Waals surface area contributed by atoms with E-state index in [9.17, 15) is 14.4 Å². The normalized spacial score (nSPS) is 23.9. The highest BCUT2D eigenvalue weighted by Crippen LogP contribution is 2.29. The molecule has 8 nitrogen and oxygen atoms in total. The lowest BCUT2D eigenvalue weighted by atomic mass is 9.90. The molecule has 28 heavy (non-hydrogen) atoms. The Labute approximate surface area is 163 Å². The third-order valence-corrected chi connectivity index (χ3v) is 5.66. The molecule has 3 heterocycles. The molecule has 1 atom stereocenters. The number of urea groups is 1. The van der Waals surface area contributed by atoms with E-state index in [1.165, 1.54) is 4.90 Å². The molecule has 0 aliphatic carbocycles. The predicted octanol–water partition coefficient (Wildman–Crippen LogP) is 1.20. The number of amides is 4. The summed E-state index contributed by atoms with van der Waals surface area (Å²) in [5, 5.41) is 5.73. The molecule has 1 aromatic carbocycles. The lowest BCUT2D eigenvalue weighted by Gasteiger charge is -2.30. The maximum absolute atomic E-state index is 12.8. The van der Waals surface area contributed by atoms with Gasteiger partial charge in [0.25, 0.3) is 11.8 Å². The molecule has 150 valence electrons. The minimum atomic E-state index is -0.822. The summed E-state index contributed by atoms with van der Waals surface area (Å²) in [6, 6.07) is 6.60. The van der Waals surface area contributed by atoms with E-state index in [1.807, 2.05) is 0 Å². The zero-order chi connectivity index (χ0) is 19.6. The first-order valence-electron chi connectivity index (χ1n) is 9.78. The quantitative estimate of drug-likeness (QED) is 0.740. The largest absolute Gasteiger partial charge is 0.381 e. The number of rotatable bonds is 5. The average Bonchev–Trinajstić information content (AvgIpc) is 3.31. The molecule has 1 spiro atoms. The molecule has 2 N–H and O–H groups in total. The van der Waals surface area contributed by atoms with Crippen molar-refractivity contribution in [3.8, 4) is 0 Å². The van der Waals surface area contributed by atoms with Crippen LogP contribution < -0.4 is 10.6 Å². The van der Waals surface area contributed by atoms with Crippen LogP contribution >= 0.6 is 0 Å². The fourth-order valence-corrected chi connectivity index (χ4v) is 3.94. The van der Waals surface area contributed by atoms with Gasteiger partial charge in [-0.2, -0.15) is 0 Å². The first-order valence-corrected chi connectivity index (χ1v) is 9.78. The molecular formula is C20H25N3O5. The van der Waals surface area contributed by atoms with Gasteiger partial charge in [-0.3, -0.25) is 14.5 Å². The van der Waals surface area contributed by atoms with Crippen LogP contribution in [0.25, 0.3) is 0 Å². The highest BCUT2D eigenvalue weighted by atomic mass is 16.5. The number of imide groups is 1. The molecule has 0 aromatic heterocycles. The number of hydrogen-bond acceptors (Lipinski definition) is 5. The van der Waals surface area contributed by atoms with E-state index in [2.05, 4.69) is 10.6 Å². The fourth-order valence-electron chi connectivity index (χ4n) is 3.94. The van der Waals surface area contributed by atoms with Crippen LogP contribution in [0.1, 0.15) is 41.6 Å². The Morgan fingerprint density at radius 3 is 2.61 bits per heavy atom. The Balaban J connectivity index is 1.35. The van der Waals surface area contributed by atoms with Crippen molar-refractivity contribution in [1.29, 1.82) is 0 Å². The van der Waals surface area contributed by atoms with Gasteiger partial charge in [-0.1, -0.05) is 12.1 Å². The molecule has 4 amide bonds. The summed E-state index contributed by atoms with van der Waals surface area (Å²) in [7, 11) is 0. The summed E-state index contributed by atoms with van der Waals surface area (Å²) in [5.74, 6) is -0.350. The van der Waals surface area contributed by atoms with Crippen LogP contribution in [-0.2, 0) is 20.8 Å². The lowest BCUT2D eigenvalue weighted by Crippen LogP contribution is -2.51. The predicted molar refractivity (Wildman–Crippen MR) is 99.6 cm³/mol. The van der Waals surface area contributed by atoms with E-state index in [1.54, 1.807) is 24.3 Å². The van der Waals surface area contributed by atoms with E-state index in [-0.39, 0.29) is 30.5 Å². The average molecular weight is 387 g/mol. The van der Waals surface area contributed by atoms with Gasteiger partial charge < -0.3 is 20.1 Å². The number of nitrogens with zero attached hydrogens (tertiary/aromatic N) is 1. The Morgan fingerprint density at radius 1 is 1.18 bits per heavy atom. The summed E-state index contributed by atoms with van der Waals surface area (Å²) in [5.41, 5.74) is 0.514. The van der Waals surface area contributed by atoms with Gasteiger partial charge in [0.1, 0.15) is 5.54 Å². The van der Waals surface area contributed by atoms with Crippen LogP contribution in [0.3, 0.4) is 0 Å². The number of ether oxygens (including phenoxy) is 2. The molecule has 3 aliphatic rings. The first kappa shape index (κ1) is 18.9. The van der Waals surface area contributed by atoms with Gasteiger partial charge >= 0.3 is 6.03 Å². The van der Waals surface area contributed by atoms with Crippen molar-refractivity contribution in [2.75, 3.05) is 26.4 Å². The number of carbonyl (C=O) groups is 3. The Kier molecular flexibility index (Phi) is 5.32. The topological polar surface area (TPSA) is 97.0 Å². The molecule has 3 fully saturated rings. The van der Waals surface area contributed by atoms with Gasteiger partial charge in [-0.05, 0) is 30.5 Å². The smallest absolute Gasteiger partial charge is 0.325 e. The highest BCUT2D eigenvalue weighted by molar-refractivity contribution is 6.07. The SMILES string of the molecule is O=C(NC[C@@H]1CCCO1)c1ccc(CN2C(=O)NC3(CCOCC3)C2=O)cc1. The second-order valence-corrected chi connectivity index (χ2v) is 7.56. The van der Waals surface area contributed by atoms with Gasteiger partial charge in [0.05, 0.1) is 12.6 Å². The van der Waals surface area contributed by atoms with Gasteiger partial charge in [0, 0.05) is 44.8 Å². The minimum Gasteiger partial charge on any atom is -0.381 e. The van der Waals surface area contributed by atoms with E-state index >= 15 is 0 Å². The molecule has 3 aliphatic heterocycles. The third-order valence-electron chi connectivity index (χ3n) is 5.66. The van der Waals surface area contributed by atoms with Crippen molar-refractivity contribution in [3.05, 3.63) is 35.4 Å². The summed E-state index contributed by atoms with van der Waals surface area (Å²) in [6.45, 7) is 2.39. The molecular weight excluding hydrogens is 362 g/mol. The van der Waals surface area contributed by atoms with Crippen molar-refractivity contribution in [2.45, 2.75) is 43.9 Å². The van der Waals surface area contributed by atoms with Crippen molar-refractivity contribution < 1.29 is 23.9 Å². The zero-order valence-electron chi connectivity index (χ0n) is 15.7. The molecule has 0 radical (unpaired) electrons. The van der Waals surface area contributed by atoms with Crippen molar-refractivity contribution >= 4 is 17.8 Å². The van der Waals surface area contributed by atoms with Crippen LogP contribution in [0.2, 0.25) is 0 Å². The highest BCUT2D eigenvalue weighted by Gasteiger charge is 2.51. The number of hydrogen-bond donors (Lipinski definition) is 2. The standard InChI is InChI=1S/C20H25N3O5/c24-17(21-12-16-2-1-9-28-16)15-5-3-14(4-6-15)13-23-18(25)20(22-19(23)26)7-10-27-11-8-20/h3-6,16H,1-2,7-13H2,(H,21,24)(H,22,26)/t16-/m0/s1. The maximum Gasteiger partial charge on any atom is 0.325 e. The fraction of sp³-hybridized carbons (Fsp3) is 0.550. The molecule has 0 unspecified atom stereocenters. The van der Waals surface area contributed by atoms with Crippen LogP contribution in [-0.4, -0.2) is 60.8 Å². The van der Waals surface area contributed by atoms with E-state index < -0.39 is 5.54 Å². The molecule has 8 heteroatoms. The van der Waals surface area contributed by atoms with Gasteiger partial charge in [0.15, 0.2) is 0 Å². The van der Waals surface area contributed by atoms with Crippen LogP contribution in [0.4, 0.5) is 4.79 Å². The summed E-state index contributed by atoms with van der Waals surface area (Å²) in [4.78, 5) is 38.6. The van der Waals surface area contributed by atoms with E-state index in [0.29, 0.717) is 38.2 Å². The third kappa shape index (κ3) is 3.74. The second kappa shape index (κ2) is 7.89. The molecule has 1 aromatic rings. The lowest BCUT2D eigenvalue weighted by molar-refractivity contribution is -0.134. The number of carbonyl (C=O) groups excluding carboxylic acids is 3. The summed E-state index contributed by atoms with van der Waals surface area (Å²) in [6.07, 6.45) is 3.10. The summed E-state index contributed by atoms with van der Waals surface area (Å²) >= 11 is 0. The molecule has 3 saturated heterocycles. The monoisotopic (exact) mass is 387 g/mol. The Morgan fingerprint density at radius 2 is 1.93 bits per heavy atom. The Hall–Kier alpha value is -2.45. The van der Waals surface area contributed by atoms with E-state index in [4.69, 9.17) is 9.47 Å². The van der Waals surface area contributed by atoms with Gasteiger partial charge in [-0.15, -0.1) is 0 Å². The molecule has 4 rings (SSSR count). The van der Waals surface area contributed by atoms with Crippen molar-refractivity contribution in [2.24, 2.45) is 0 Å². The first-order chi connectivity index (χ1) is 13.6. The van der Waals surface area contributed by atoms with Crippen molar-refractivity contribution in [1.82, 2.24) is 15.5 Å². The maximum atomic E-state index is 12.8. The van der Waals surface area contributed by atoms with Crippen molar-refractivity contribution in [3.63, 3.8) is 0 Å². The van der Waals surface area contributed by atoms with Crippen LogP contribution in [0, 0.1) is 0 Å². The van der Waals surface area contributed by atoms with Gasteiger partial charge in [0.2, 0.25) is 0 Å². The summed E-state index contributed by atoms with van der Waals surface area (Å²) < 4.78 is 10.8. The molecule has 0 saturated carbocycles. The molecule has 0 bridgehead atoms. The van der Waals surface area contributed by atoms with Crippen LogP contribution in [0.5, 0.6) is 0 Å². The van der Waals surface area contributed by atoms with Crippen LogP contribution in [0.15, 0.2) is 24.3 Å². The minimum absolute atomic E-state index is 0.0976. The number of nitrogens with one attached hydrogen (secondary N) is 2. The van der Waals surface area contributed by atoms with Gasteiger partial charge in [-0.25, -0.2) is 4.79 Å². The van der Waals surface area contributed by atoms with E-state index in [0.717, 1.165) is 25.0 Å². The zero-order valence-corrected chi connectivity index (χ0v) is 15.7. The second-order valence-electron chi connectivity index (χ2n) is 7.56.